The summed E-state index contributed by atoms with van der Waals surface area (Å²) in [7, 11) is 3.31. The molecular formula is C51H74ClN11O7. The van der Waals surface area contributed by atoms with E-state index in [-0.39, 0.29) is 54.6 Å². The molecule has 2 aliphatic heterocycles. The number of carbonyl (C=O) groups is 7. The van der Waals surface area contributed by atoms with Gasteiger partial charge in [-0.2, -0.15) is 0 Å². The van der Waals surface area contributed by atoms with Crippen LogP contribution >= 0.6 is 11.6 Å². The lowest BCUT2D eigenvalue weighted by Crippen LogP contribution is -2.59. The maximum Gasteiger partial charge on any atom is 0.251 e. The molecule has 2 aliphatic rings. The van der Waals surface area contributed by atoms with Gasteiger partial charge in [-0.05, 0) is 108 Å². The van der Waals surface area contributed by atoms with Gasteiger partial charge in [0.15, 0.2) is 0 Å². The molecule has 2 saturated heterocycles. The van der Waals surface area contributed by atoms with Gasteiger partial charge in [0, 0.05) is 52.7 Å². The van der Waals surface area contributed by atoms with Gasteiger partial charge in [0.25, 0.3) is 11.8 Å². The SMILES string of the molecule is C=CC(=C)[C@@H](C)NC(=O)[C@@H]1C[C@H](NC(=O)c2cc(N)cc(C(=O)N[C@H]3C[C@@H](C(=O)N[C@H](C)c4ccc(Cl)cc4)N(C(=O)[C@@H](NC(=O)[C@H](C)NC)C(C)(C)C)C3)c2)CN1C(=C)[C@H](CC)NC(=O)[C@H](C)NC. The molecular weight excluding hydrogens is 914 g/mol. The van der Waals surface area contributed by atoms with Crippen molar-refractivity contribution in [3.8, 4) is 0 Å². The lowest BCUT2D eigenvalue weighted by atomic mass is 9.85. The highest BCUT2D eigenvalue weighted by Gasteiger charge is 2.46. The van der Waals surface area contributed by atoms with Crippen LogP contribution in [-0.4, -0.2) is 133 Å². The van der Waals surface area contributed by atoms with Crippen LogP contribution in [0.1, 0.15) is 107 Å². The molecule has 2 heterocycles. The quantitative estimate of drug-likeness (QED) is 0.0650. The number of anilines is 1. The van der Waals surface area contributed by atoms with E-state index in [1.165, 1.54) is 23.1 Å². The van der Waals surface area contributed by atoms with Crippen LogP contribution in [0, 0.1) is 5.41 Å². The molecule has 0 spiro atoms. The van der Waals surface area contributed by atoms with Crippen molar-refractivity contribution in [2.45, 2.75) is 135 Å². The van der Waals surface area contributed by atoms with E-state index in [0.717, 1.165) is 5.56 Å². The molecule has 10 atom stereocenters. The Morgan fingerprint density at radius 2 is 1.23 bits per heavy atom. The fourth-order valence-corrected chi connectivity index (χ4v) is 8.50. The Balaban J connectivity index is 1.58. The molecule has 0 aromatic heterocycles. The standard InChI is InChI=1S/C51H74ClN11O7/c1-14-27(3)28(4)56-48(68)41-23-38(25-62(41)32(8)40(15-2)60-44(64)30(6)54-12)58-46(66)34-20-35(22-37(53)21-34)47(67)59-39-24-42(49(69)57-29(5)33-16-18-36(52)19-17-33)63(26-39)50(70)43(51(9,10)11)61-45(65)31(7)55-13/h14,16-22,28-31,38-43,54-55H,1,3,8,15,23-26,53H2,2,4-7,9-13H3,(H,56,68)(H,57,69)(H,58,66)(H,59,67)(H,60,64)(H,61,65)/t28-,29-,30+,31+,38+,39+,40+,41+,42+,43-/m1/s1. The number of halogens is 1. The molecule has 4 rings (SSSR count). The highest BCUT2D eigenvalue weighted by Crippen LogP contribution is 2.29. The minimum absolute atomic E-state index is 0.0415. The molecule has 0 unspecified atom stereocenters. The predicted molar refractivity (Wildman–Crippen MR) is 273 cm³/mol. The Labute approximate surface area is 417 Å². The fraction of sp³-hybridized carbons (Fsp3) is 0.510. The van der Waals surface area contributed by atoms with Crippen LogP contribution in [0.2, 0.25) is 5.02 Å². The number of benzene rings is 2. The van der Waals surface area contributed by atoms with Crippen LogP contribution in [0.3, 0.4) is 0 Å². The number of rotatable bonds is 21. The number of nitrogens with two attached hydrogens (primary N) is 1. The second kappa shape index (κ2) is 24.5. The highest BCUT2D eigenvalue weighted by molar-refractivity contribution is 6.30. The zero-order valence-electron chi connectivity index (χ0n) is 42.3. The molecule has 2 aromatic carbocycles. The summed E-state index contributed by atoms with van der Waals surface area (Å²) in [6.45, 7) is 26.5. The van der Waals surface area contributed by atoms with Gasteiger partial charge in [0.1, 0.15) is 18.1 Å². The molecule has 19 heteroatoms. The van der Waals surface area contributed by atoms with Gasteiger partial charge >= 0.3 is 0 Å². The third-order valence-electron chi connectivity index (χ3n) is 13.1. The van der Waals surface area contributed by atoms with E-state index in [9.17, 15) is 33.6 Å². The van der Waals surface area contributed by atoms with Crippen molar-refractivity contribution in [2.75, 3.05) is 32.9 Å². The second-order valence-electron chi connectivity index (χ2n) is 19.4. The zero-order valence-corrected chi connectivity index (χ0v) is 43.0. The fourth-order valence-electron chi connectivity index (χ4n) is 8.38. The summed E-state index contributed by atoms with van der Waals surface area (Å²) < 4.78 is 0. The first-order valence-corrected chi connectivity index (χ1v) is 24.1. The van der Waals surface area contributed by atoms with E-state index < -0.39 is 95.4 Å². The second-order valence-corrected chi connectivity index (χ2v) is 19.8. The molecule has 0 saturated carbocycles. The van der Waals surface area contributed by atoms with E-state index in [4.69, 9.17) is 17.3 Å². The normalized spacial score (nSPS) is 20.4. The largest absolute Gasteiger partial charge is 0.399 e. The van der Waals surface area contributed by atoms with Crippen molar-refractivity contribution < 1.29 is 33.6 Å². The number of carbonyl (C=O) groups excluding carboxylic acids is 7. The third kappa shape index (κ3) is 14.4. The average Bonchev–Trinajstić information content (AvgIpc) is 3.95. The van der Waals surface area contributed by atoms with Crippen molar-refractivity contribution in [3.63, 3.8) is 0 Å². The van der Waals surface area contributed by atoms with Gasteiger partial charge < -0.3 is 58.1 Å². The monoisotopic (exact) mass is 988 g/mol. The Morgan fingerprint density at radius 3 is 1.71 bits per heavy atom. The topological polar surface area (TPSA) is 248 Å². The smallest absolute Gasteiger partial charge is 0.251 e. The van der Waals surface area contributed by atoms with E-state index in [0.29, 0.717) is 22.7 Å². The lowest BCUT2D eigenvalue weighted by molar-refractivity contribution is -0.144. The van der Waals surface area contributed by atoms with Gasteiger partial charge in [-0.25, -0.2) is 0 Å². The maximum atomic E-state index is 14.5. The average molecular weight is 989 g/mol. The Morgan fingerprint density at radius 1 is 0.743 bits per heavy atom. The van der Waals surface area contributed by atoms with Crippen LogP contribution < -0.4 is 48.3 Å². The predicted octanol–water partition coefficient (Wildman–Crippen LogP) is 3.07. The van der Waals surface area contributed by atoms with E-state index in [2.05, 4.69) is 62.3 Å². The summed E-state index contributed by atoms with van der Waals surface area (Å²) in [5.74, 6) is -3.07. The minimum atomic E-state index is -1.03. The molecule has 0 bridgehead atoms. The molecule has 10 N–H and O–H groups in total. The lowest BCUT2D eigenvalue weighted by Gasteiger charge is -2.36. The van der Waals surface area contributed by atoms with Crippen molar-refractivity contribution in [2.24, 2.45) is 5.41 Å². The van der Waals surface area contributed by atoms with Crippen molar-refractivity contribution in [1.82, 2.24) is 52.3 Å². The first-order chi connectivity index (χ1) is 32.8. The summed E-state index contributed by atoms with van der Waals surface area (Å²) in [6.07, 6.45) is 2.28. The van der Waals surface area contributed by atoms with Crippen LogP contribution in [0.5, 0.6) is 0 Å². The molecule has 2 fully saturated rings. The zero-order chi connectivity index (χ0) is 52.4. The number of nitrogens with one attached hydrogen (secondary N) is 8. The number of nitrogen functional groups attached to an aromatic ring is 1. The van der Waals surface area contributed by atoms with E-state index in [1.54, 1.807) is 77.0 Å². The number of hydrogen-bond acceptors (Lipinski definition) is 11. The number of likely N-dealkylation sites (tertiary alicyclic amines) is 2. The Bertz CT molecular complexity index is 2300. The molecule has 2 aromatic rings. The van der Waals surface area contributed by atoms with Crippen LogP contribution in [0.25, 0.3) is 0 Å². The van der Waals surface area contributed by atoms with Crippen molar-refractivity contribution in [3.05, 3.63) is 101 Å². The number of likely N-dealkylation sites (N-methyl/N-ethyl adjacent to an activating group) is 2. The maximum absolute atomic E-state index is 14.5. The molecule has 382 valence electrons. The summed E-state index contributed by atoms with van der Waals surface area (Å²) in [6, 6.07) is 4.65. The van der Waals surface area contributed by atoms with Crippen LogP contribution in [-0.2, 0) is 24.0 Å². The molecule has 70 heavy (non-hydrogen) atoms. The summed E-state index contributed by atoms with van der Waals surface area (Å²) in [5.41, 5.74) is 7.70. The summed E-state index contributed by atoms with van der Waals surface area (Å²) in [5, 5.41) is 24.2. The first kappa shape index (κ1) is 56.3. The van der Waals surface area contributed by atoms with Gasteiger partial charge in [0.2, 0.25) is 29.5 Å². The summed E-state index contributed by atoms with van der Waals surface area (Å²) >= 11 is 6.11. The highest BCUT2D eigenvalue weighted by atomic mass is 35.5. The van der Waals surface area contributed by atoms with Crippen LogP contribution in [0.15, 0.2) is 79.5 Å². The molecule has 0 radical (unpaired) electrons. The number of amides is 7. The van der Waals surface area contributed by atoms with Gasteiger partial charge in [-0.3, -0.25) is 33.6 Å². The Hall–Kier alpha value is -6.24. The van der Waals surface area contributed by atoms with Crippen molar-refractivity contribution in [1.29, 1.82) is 0 Å². The molecule has 18 nitrogen and oxygen atoms in total. The Kier molecular flexibility index (Phi) is 19.8. The van der Waals surface area contributed by atoms with Gasteiger partial charge in [-0.1, -0.05) is 77.2 Å². The minimum Gasteiger partial charge on any atom is -0.399 e. The van der Waals surface area contributed by atoms with Gasteiger partial charge in [-0.15, -0.1) is 0 Å². The number of hydrogen-bond donors (Lipinski definition) is 9. The summed E-state index contributed by atoms with van der Waals surface area (Å²) in [4.78, 5) is 99.9. The van der Waals surface area contributed by atoms with E-state index in [1.807, 2.05) is 27.7 Å². The third-order valence-corrected chi connectivity index (χ3v) is 13.3. The number of nitrogens with zero attached hydrogens (tertiary/aromatic N) is 2. The van der Waals surface area contributed by atoms with Crippen molar-refractivity contribution >= 4 is 58.6 Å². The molecule has 0 aliphatic carbocycles. The van der Waals surface area contributed by atoms with Gasteiger partial charge in [0.05, 0.1) is 30.2 Å². The first-order valence-electron chi connectivity index (χ1n) is 23.7. The molecule has 7 amide bonds. The van der Waals surface area contributed by atoms with E-state index >= 15 is 0 Å². The van der Waals surface area contributed by atoms with Crippen LogP contribution in [0.4, 0.5) is 5.69 Å².